The lowest BCUT2D eigenvalue weighted by Crippen LogP contribution is -2.38. The molecule has 0 saturated carbocycles. The lowest BCUT2D eigenvalue weighted by atomic mass is 10.1. The average Bonchev–Trinajstić information content (AvgIpc) is 3.09. The molecule has 158 valence electrons. The maximum Gasteiger partial charge on any atom is 0.323 e. The quantitative estimate of drug-likeness (QED) is 0.415. The van der Waals surface area contributed by atoms with E-state index in [1.165, 1.54) is 10.6 Å². The van der Waals surface area contributed by atoms with Crippen molar-refractivity contribution in [3.8, 4) is 0 Å². The highest BCUT2D eigenvalue weighted by Crippen LogP contribution is 2.37. The van der Waals surface area contributed by atoms with Crippen molar-refractivity contribution in [1.29, 1.82) is 0 Å². The summed E-state index contributed by atoms with van der Waals surface area (Å²) in [4.78, 5) is 26.7. The van der Waals surface area contributed by atoms with Crippen molar-refractivity contribution in [1.82, 2.24) is 9.55 Å². The molecule has 0 amide bonds. The molecule has 0 radical (unpaired) electrons. The number of aliphatic hydroxyl groups excluding tert-OH is 2. The number of hydrogen-bond acceptors (Lipinski definition) is 8. The number of fused-ring (bicyclic) bond motifs is 1. The third-order valence-corrected chi connectivity index (χ3v) is 5.65. The predicted molar refractivity (Wildman–Crippen MR) is 105 cm³/mol. The van der Waals surface area contributed by atoms with Crippen LogP contribution in [0.15, 0.2) is 16.9 Å². The summed E-state index contributed by atoms with van der Waals surface area (Å²) >= 11 is 15.3. The van der Waals surface area contributed by atoms with Gasteiger partial charge in [-0.15, -0.1) is 0 Å². The lowest BCUT2D eigenvalue weighted by Gasteiger charge is -2.18. The zero-order chi connectivity index (χ0) is 21.5. The number of rotatable bonds is 6. The number of nitrogens with zero attached hydrogens (tertiary/aromatic N) is 2. The maximum absolute atomic E-state index is 11.8. The topological polar surface area (TPSA) is 157 Å². The van der Waals surface area contributed by atoms with Gasteiger partial charge in [0.25, 0.3) is 0 Å². The first kappa shape index (κ1) is 22.2. The summed E-state index contributed by atoms with van der Waals surface area (Å²) in [5.41, 5.74) is 6.40. The molecule has 0 bridgehead atoms. The van der Waals surface area contributed by atoms with Crippen molar-refractivity contribution in [3.63, 3.8) is 0 Å². The normalized spacial score (nSPS) is 25.3. The molecule has 1 aromatic carbocycles. The molecule has 4 unspecified atom stereocenters. The first-order valence-corrected chi connectivity index (χ1v) is 9.83. The van der Waals surface area contributed by atoms with E-state index in [2.05, 4.69) is 20.9 Å². The van der Waals surface area contributed by atoms with Crippen molar-refractivity contribution < 1.29 is 34.4 Å². The summed E-state index contributed by atoms with van der Waals surface area (Å²) in [5, 5.41) is 30.0. The van der Waals surface area contributed by atoms with Gasteiger partial charge in [0, 0.05) is 0 Å². The van der Waals surface area contributed by atoms with E-state index in [1.54, 1.807) is 6.07 Å². The van der Waals surface area contributed by atoms with Crippen LogP contribution in [0.4, 0.5) is 0 Å². The van der Waals surface area contributed by atoms with Crippen LogP contribution in [-0.2, 0) is 19.1 Å². The third-order valence-electron chi connectivity index (χ3n) is 4.37. The van der Waals surface area contributed by atoms with Crippen LogP contribution in [0.25, 0.3) is 11.0 Å². The Morgan fingerprint density at radius 1 is 1.31 bits per heavy atom. The molecule has 1 aromatic heterocycles. The Bertz CT molecular complexity index is 956. The molecule has 0 aliphatic carbocycles. The highest BCUT2D eigenvalue weighted by Gasteiger charge is 2.45. The number of carboxylic acid groups (broad SMARTS) is 1. The number of carbonyl (C=O) groups excluding carboxylic acids is 1. The van der Waals surface area contributed by atoms with Gasteiger partial charge in [0.05, 0.1) is 27.5 Å². The molecule has 1 aliphatic rings. The van der Waals surface area contributed by atoms with E-state index in [9.17, 15) is 19.8 Å². The van der Waals surface area contributed by atoms with Gasteiger partial charge in [-0.1, -0.05) is 23.2 Å². The maximum atomic E-state index is 11.8. The Hall–Kier alpha value is -1.47. The number of carbonyl (C=O) groups is 2. The van der Waals surface area contributed by atoms with Gasteiger partial charge in [-0.3, -0.25) is 14.2 Å². The number of hydrogen-bond donors (Lipinski definition) is 4. The number of nitrogens with two attached hydrogens (primary N) is 1. The Balaban J connectivity index is 1.77. The van der Waals surface area contributed by atoms with E-state index in [1.807, 2.05) is 0 Å². The molecule has 3 rings (SSSR count). The van der Waals surface area contributed by atoms with E-state index >= 15 is 0 Å². The highest BCUT2D eigenvalue weighted by molar-refractivity contribution is 9.10. The van der Waals surface area contributed by atoms with Gasteiger partial charge in [-0.05, 0) is 28.1 Å². The van der Waals surface area contributed by atoms with Gasteiger partial charge < -0.3 is 30.5 Å². The van der Waals surface area contributed by atoms with Crippen LogP contribution in [-0.4, -0.2) is 67.8 Å². The molecule has 5 N–H and O–H groups in total. The number of aliphatic carboxylic acids is 1. The molecule has 1 fully saturated rings. The van der Waals surface area contributed by atoms with E-state index in [0.29, 0.717) is 20.8 Å². The molecule has 13 heteroatoms. The van der Waals surface area contributed by atoms with Crippen LogP contribution in [0.5, 0.6) is 0 Å². The van der Waals surface area contributed by atoms with Crippen LogP contribution < -0.4 is 5.73 Å². The molecule has 1 aliphatic heterocycles. The molecular formula is C16H16BrCl2N3O7. The molecule has 2 heterocycles. The van der Waals surface area contributed by atoms with Crippen molar-refractivity contribution in [2.24, 2.45) is 5.73 Å². The van der Waals surface area contributed by atoms with Crippen LogP contribution in [0.1, 0.15) is 12.6 Å². The summed E-state index contributed by atoms with van der Waals surface area (Å²) in [7, 11) is 0. The molecule has 29 heavy (non-hydrogen) atoms. The standard InChI is InChI=1S/C16H16BrCl2N3O7/c17-16-21-8-1-5(18)6(19)2-9(8)22(16)14-13(26)12(25)10(29-14)4-28-15(27)7(20)3-11(23)24/h1-2,7,10,12-14,25-26H,3-4,20H2,(H,23,24)/t7-,10?,12?,13?,14?/m0/s1. The van der Waals surface area contributed by atoms with Gasteiger partial charge >= 0.3 is 11.9 Å². The van der Waals surface area contributed by atoms with Gasteiger partial charge in [0.15, 0.2) is 11.0 Å². The lowest BCUT2D eigenvalue weighted by molar-refractivity contribution is -0.154. The Kier molecular flexibility index (Phi) is 6.68. The van der Waals surface area contributed by atoms with Crippen molar-refractivity contribution in [2.75, 3.05) is 6.61 Å². The average molecular weight is 513 g/mol. The zero-order valence-corrected chi connectivity index (χ0v) is 17.6. The third kappa shape index (κ3) is 4.50. The summed E-state index contributed by atoms with van der Waals surface area (Å²) < 4.78 is 12.4. The molecule has 0 spiro atoms. The van der Waals surface area contributed by atoms with E-state index < -0.39 is 55.5 Å². The van der Waals surface area contributed by atoms with E-state index in [4.69, 9.17) is 43.5 Å². The zero-order valence-electron chi connectivity index (χ0n) is 14.5. The fourth-order valence-corrected chi connectivity index (χ4v) is 3.83. The summed E-state index contributed by atoms with van der Waals surface area (Å²) in [6.07, 6.45) is -5.53. The minimum Gasteiger partial charge on any atom is -0.481 e. The van der Waals surface area contributed by atoms with E-state index in [-0.39, 0.29) is 5.02 Å². The fraction of sp³-hybridized carbons (Fsp3) is 0.438. The smallest absolute Gasteiger partial charge is 0.323 e. The fourth-order valence-electron chi connectivity index (χ4n) is 2.93. The first-order chi connectivity index (χ1) is 13.6. The number of carboxylic acids is 1. The monoisotopic (exact) mass is 511 g/mol. The summed E-state index contributed by atoms with van der Waals surface area (Å²) in [6.45, 7) is -0.433. The van der Waals surface area contributed by atoms with Crippen LogP contribution in [0.2, 0.25) is 10.0 Å². The molecule has 5 atom stereocenters. The summed E-state index contributed by atoms with van der Waals surface area (Å²) in [5.74, 6) is -2.21. The van der Waals surface area contributed by atoms with Crippen molar-refractivity contribution >= 4 is 62.1 Å². The van der Waals surface area contributed by atoms with Crippen LogP contribution in [0.3, 0.4) is 0 Å². The molecule has 1 saturated heterocycles. The SMILES string of the molecule is N[C@@H](CC(=O)O)C(=O)OCC1OC(n2c(Br)nc3cc(Cl)c(Cl)cc32)C(O)C1O. The predicted octanol–water partition coefficient (Wildman–Crippen LogP) is 1.07. The Labute approximate surface area is 182 Å². The number of benzene rings is 1. The van der Waals surface area contributed by atoms with Crippen LogP contribution in [0, 0.1) is 0 Å². The Morgan fingerprint density at radius 3 is 2.62 bits per heavy atom. The van der Waals surface area contributed by atoms with Gasteiger partial charge in [-0.25, -0.2) is 4.98 Å². The minimum atomic E-state index is -1.39. The number of imidazole rings is 1. The highest BCUT2D eigenvalue weighted by atomic mass is 79.9. The van der Waals surface area contributed by atoms with Crippen molar-refractivity contribution in [3.05, 3.63) is 26.9 Å². The second-order valence-corrected chi connectivity index (χ2v) is 7.91. The number of aromatic nitrogens is 2. The largest absolute Gasteiger partial charge is 0.481 e. The van der Waals surface area contributed by atoms with E-state index in [0.717, 1.165) is 0 Å². The van der Waals surface area contributed by atoms with Gasteiger partial charge in [0.1, 0.15) is 31.0 Å². The summed E-state index contributed by atoms with van der Waals surface area (Å²) in [6, 6.07) is 1.73. The molecule has 10 nitrogen and oxygen atoms in total. The number of halogens is 3. The second kappa shape index (κ2) is 8.72. The van der Waals surface area contributed by atoms with Crippen molar-refractivity contribution in [2.45, 2.75) is 37.0 Å². The molecular weight excluding hydrogens is 497 g/mol. The van der Waals surface area contributed by atoms with Gasteiger partial charge in [0.2, 0.25) is 0 Å². The first-order valence-electron chi connectivity index (χ1n) is 8.28. The number of ether oxygens (including phenoxy) is 2. The number of esters is 1. The second-order valence-electron chi connectivity index (χ2n) is 6.39. The minimum absolute atomic E-state index is 0.263. The van der Waals surface area contributed by atoms with Crippen LogP contribution >= 0.6 is 39.1 Å². The molecule has 2 aromatic rings. The van der Waals surface area contributed by atoms with Gasteiger partial charge in [-0.2, -0.15) is 0 Å². The number of aliphatic hydroxyl groups is 2. The Morgan fingerprint density at radius 2 is 1.97 bits per heavy atom.